The Morgan fingerprint density at radius 3 is 2.64 bits per heavy atom. The molecule has 0 spiro atoms. The maximum Gasteiger partial charge on any atom is 0.307 e. The minimum Gasteiger partial charge on any atom is -0.487 e. The van der Waals surface area contributed by atoms with Crippen LogP contribution in [0.15, 0.2) is 48.5 Å². The van der Waals surface area contributed by atoms with Gasteiger partial charge in [0, 0.05) is 29.9 Å². The third-order valence-electron chi connectivity index (χ3n) is 5.69. The lowest BCUT2D eigenvalue weighted by molar-refractivity contribution is -0.136. The molecule has 3 aromatic carbocycles. The maximum atomic E-state index is 15.0. The topological polar surface area (TPSA) is 88.1 Å². The molecular formula is C26H23F3N2O5. The van der Waals surface area contributed by atoms with Gasteiger partial charge in [0.1, 0.15) is 30.1 Å². The lowest BCUT2D eigenvalue weighted by atomic mass is 10.1. The fourth-order valence-corrected chi connectivity index (χ4v) is 3.99. The molecule has 1 amide bonds. The minimum absolute atomic E-state index is 0.00787. The van der Waals surface area contributed by atoms with Gasteiger partial charge in [0.25, 0.3) is 5.91 Å². The maximum absolute atomic E-state index is 15.0. The van der Waals surface area contributed by atoms with Gasteiger partial charge >= 0.3 is 5.97 Å². The van der Waals surface area contributed by atoms with Crippen LogP contribution in [0.1, 0.15) is 21.5 Å². The Bertz CT molecular complexity index is 1330. The quantitative estimate of drug-likeness (QED) is 0.494. The van der Waals surface area contributed by atoms with Crippen molar-refractivity contribution >= 4 is 23.3 Å². The van der Waals surface area contributed by atoms with Gasteiger partial charge in [-0.05, 0) is 55.0 Å². The van der Waals surface area contributed by atoms with E-state index in [4.69, 9.17) is 14.6 Å². The van der Waals surface area contributed by atoms with Crippen molar-refractivity contribution in [2.75, 3.05) is 30.4 Å². The zero-order chi connectivity index (χ0) is 26.0. The Balaban J connectivity index is 1.44. The first-order valence-corrected chi connectivity index (χ1v) is 11.0. The predicted octanol–water partition coefficient (Wildman–Crippen LogP) is 4.57. The van der Waals surface area contributed by atoms with E-state index >= 15 is 4.39 Å². The number of hydrogen-bond acceptors (Lipinski definition) is 5. The van der Waals surface area contributed by atoms with Gasteiger partial charge in [-0.2, -0.15) is 0 Å². The van der Waals surface area contributed by atoms with Gasteiger partial charge in [0.05, 0.1) is 18.7 Å². The standard InChI is InChI=1S/C26H23F3N2O5/c1-14-20(26(34)30-18-8-15(9-24(32)33)7-17(28)10-18)4-6-23(25(14)29)35-13-19-12-31(2)21-11-16(27)3-5-22(21)36-19/h3-8,10-11,19H,9,12-13H2,1-2H3,(H,30,34)(H,32,33)/t19-/m0/s1. The molecule has 188 valence electrons. The van der Waals surface area contributed by atoms with Crippen LogP contribution in [0.25, 0.3) is 0 Å². The van der Waals surface area contributed by atoms with Gasteiger partial charge in [-0.25, -0.2) is 13.2 Å². The number of carboxylic acids is 1. The zero-order valence-electron chi connectivity index (χ0n) is 19.5. The number of nitrogens with zero attached hydrogens (tertiary/aromatic N) is 1. The third-order valence-corrected chi connectivity index (χ3v) is 5.69. The summed E-state index contributed by atoms with van der Waals surface area (Å²) < 4.78 is 53.8. The van der Waals surface area contributed by atoms with Crippen molar-refractivity contribution in [3.63, 3.8) is 0 Å². The van der Waals surface area contributed by atoms with Gasteiger partial charge in [0.15, 0.2) is 11.6 Å². The van der Waals surface area contributed by atoms with E-state index in [1.807, 2.05) is 4.90 Å². The monoisotopic (exact) mass is 500 g/mol. The summed E-state index contributed by atoms with van der Waals surface area (Å²) in [5, 5.41) is 11.4. The van der Waals surface area contributed by atoms with Crippen LogP contribution < -0.4 is 19.7 Å². The number of hydrogen-bond donors (Lipinski definition) is 2. The zero-order valence-corrected chi connectivity index (χ0v) is 19.5. The average molecular weight is 500 g/mol. The number of carbonyl (C=O) groups is 2. The molecule has 0 saturated carbocycles. The molecule has 1 heterocycles. The number of aliphatic carboxylic acids is 1. The van der Waals surface area contributed by atoms with Crippen molar-refractivity contribution < 1.29 is 37.3 Å². The third kappa shape index (κ3) is 5.54. The van der Waals surface area contributed by atoms with E-state index in [1.165, 1.54) is 43.3 Å². The van der Waals surface area contributed by atoms with Crippen molar-refractivity contribution in [3.8, 4) is 11.5 Å². The van der Waals surface area contributed by atoms with E-state index in [1.54, 1.807) is 7.05 Å². The van der Waals surface area contributed by atoms with Crippen molar-refractivity contribution in [1.29, 1.82) is 0 Å². The minimum atomic E-state index is -1.14. The van der Waals surface area contributed by atoms with Crippen LogP contribution >= 0.6 is 0 Å². The second-order valence-electron chi connectivity index (χ2n) is 8.47. The number of nitrogens with one attached hydrogen (secondary N) is 1. The second kappa shape index (κ2) is 10.2. The van der Waals surface area contributed by atoms with Crippen LogP contribution in [0.2, 0.25) is 0 Å². The molecule has 10 heteroatoms. The Kier molecular flexibility index (Phi) is 7.05. The van der Waals surface area contributed by atoms with Crippen LogP contribution in [0, 0.1) is 24.4 Å². The van der Waals surface area contributed by atoms with E-state index in [0.29, 0.717) is 18.0 Å². The number of amides is 1. The summed E-state index contributed by atoms with van der Waals surface area (Å²) in [7, 11) is 1.79. The molecule has 1 aliphatic heterocycles. The Labute approximate surface area is 205 Å². The van der Waals surface area contributed by atoms with Crippen molar-refractivity contribution in [2.24, 2.45) is 0 Å². The highest BCUT2D eigenvalue weighted by atomic mass is 19.1. The summed E-state index contributed by atoms with van der Waals surface area (Å²) in [5.41, 5.74) is 0.864. The number of ether oxygens (including phenoxy) is 2. The molecule has 1 atom stereocenters. The molecule has 0 saturated heterocycles. The van der Waals surface area contributed by atoms with Gasteiger partial charge in [-0.1, -0.05) is 0 Å². The molecule has 2 N–H and O–H groups in total. The van der Waals surface area contributed by atoms with Crippen LogP contribution in [-0.4, -0.2) is 43.3 Å². The van der Waals surface area contributed by atoms with Gasteiger partial charge < -0.3 is 24.8 Å². The average Bonchev–Trinajstić information content (AvgIpc) is 2.79. The van der Waals surface area contributed by atoms with E-state index in [-0.39, 0.29) is 40.6 Å². The highest BCUT2D eigenvalue weighted by Gasteiger charge is 2.25. The summed E-state index contributed by atoms with van der Waals surface area (Å²) in [6.45, 7) is 1.82. The summed E-state index contributed by atoms with van der Waals surface area (Å²) in [6, 6.07) is 10.3. The molecule has 36 heavy (non-hydrogen) atoms. The van der Waals surface area contributed by atoms with E-state index < -0.39 is 36.0 Å². The van der Waals surface area contributed by atoms with E-state index in [0.717, 1.165) is 12.1 Å². The molecule has 0 radical (unpaired) electrons. The van der Waals surface area contributed by atoms with Crippen molar-refractivity contribution in [2.45, 2.75) is 19.4 Å². The lowest BCUT2D eigenvalue weighted by Gasteiger charge is -2.33. The molecule has 0 unspecified atom stereocenters. The number of carboxylic acid groups (broad SMARTS) is 1. The Morgan fingerprint density at radius 2 is 1.89 bits per heavy atom. The van der Waals surface area contributed by atoms with Crippen LogP contribution in [0.5, 0.6) is 11.5 Å². The molecule has 0 fully saturated rings. The number of fused-ring (bicyclic) bond motifs is 1. The van der Waals surface area contributed by atoms with Gasteiger partial charge in [0.2, 0.25) is 0 Å². The summed E-state index contributed by atoms with van der Waals surface area (Å²) in [4.78, 5) is 25.4. The number of rotatable bonds is 7. The first kappa shape index (κ1) is 24.9. The first-order valence-electron chi connectivity index (χ1n) is 11.0. The molecule has 0 bridgehead atoms. The smallest absolute Gasteiger partial charge is 0.307 e. The highest BCUT2D eigenvalue weighted by Crippen LogP contribution is 2.33. The Morgan fingerprint density at radius 1 is 1.11 bits per heavy atom. The molecule has 7 nitrogen and oxygen atoms in total. The van der Waals surface area contributed by atoms with Crippen LogP contribution in [-0.2, 0) is 11.2 Å². The normalized spacial score (nSPS) is 14.6. The lowest BCUT2D eigenvalue weighted by Crippen LogP contribution is -2.41. The number of benzene rings is 3. The summed E-state index contributed by atoms with van der Waals surface area (Å²) in [6.07, 6.45) is -0.854. The van der Waals surface area contributed by atoms with Crippen molar-refractivity contribution in [1.82, 2.24) is 0 Å². The predicted molar refractivity (Wildman–Crippen MR) is 126 cm³/mol. The van der Waals surface area contributed by atoms with Crippen LogP contribution in [0.4, 0.5) is 24.5 Å². The highest BCUT2D eigenvalue weighted by molar-refractivity contribution is 6.05. The summed E-state index contributed by atoms with van der Waals surface area (Å²) >= 11 is 0. The van der Waals surface area contributed by atoms with Crippen LogP contribution in [0.3, 0.4) is 0 Å². The fourth-order valence-electron chi connectivity index (χ4n) is 3.99. The second-order valence-corrected chi connectivity index (χ2v) is 8.47. The van der Waals surface area contributed by atoms with E-state index in [2.05, 4.69) is 5.32 Å². The molecule has 3 aromatic rings. The Hall–Kier alpha value is -4.21. The molecule has 4 rings (SSSR count). The number of halogens is 3. The van der Waals surface area contributed by atoms with E-state index in [9.17, 15) is 18.4 Å². The molecule has 1 aliphatic rings. The largest absolute Gasteiger partial charge is 0.487 e. The van der Waals surface area contributed by atoms with Crippen molar-refractivity contribution in [3.05, 3.63) is 82.7 Å². The summed E-state index contributed by atoms with van der Waals surface area (Å²) in [5.74, 6) is -3.24. The first-order chi connectivity index (χ1) is 17.1. The van der Waals surface area contributed by atoms with Gasteiger partial charge in [-0.3, -0.25) is 9.59 Å². The SMILES string of the molecule is Cc1c(C(=O)Nc2cc(F)cc(CC(=O)O)c2)ccc(OC[C@@H]2CN(C)c3cc(F)ccc3O2)c1F. The molecule has 0 aromatic heterocycles. The fraction of sp³-hybridized carbons (Fsp3) is 0.231. The molecule has 0 aliphatic carbocycles. The number of likely N-dealkylation sites (N-methyl/N-ethyl adjacent to an activating group) is 1. The molecular weight excluding hydrogens is 477 g/mol. The number of anilines is 2. The van der Waals surface area contributed by atoms with Gasteiger partial charge in [-0.15, -0.1) is 0 Å². The number of carbonyl (C=O) groups excluding carboxylic acids is 1.